The van der Waals surface area contributed by atoms with Gasteiger partial charge in [0.05, 0.1) is 12.7 Å². The van der Waals surface area contributed by atoms with Crippen LogP contribution in [0.25, 0.3) is 0 Å². The van der Waals surface area contributed by atoms with Gasteiger partial charge in [-0.1, -0.05) is 57.2 Å². The largest absolute Gasteiger partial charge is 0.482 e. The average Bonchev–Trinajstić information content (AvgIpc) is 2.93. The number of ether oxygens (including phenoxy) is 2. The number of carbonyl (C=O) groups is 1. The molecule has 0 spiro atoms. The Kier molecular flexibility index (Phi) is 7.26. The van der Waals surface area contributed by atoms with Crippen molar-refractivity contribution in [3.63, 3.8) is 0 Å². The number of hydrogen-bond acceptors (Lipinski definition) is 5. The summed E-state index contributed by atoms with van der Waals surface area (Å²) >= 11 is 0. The zero-order valence-electron chi connectivity index (χ0n) is 17.5. The molecule has 1 aliphatic heterocycles. The molecule has 1 aliphatic rings. The molecule has 0 fully saturated rings. The highest BCUT2D eigenvalue weighted by Gasteiger charge is 2.41. The number of rotatable bonds is 9. The minimum absolute atomic E-state index is 0.0558. The Morgan fingerprint density at radius 3 is 2.46 bits per heavy atom. The molecule has 0 radical (unpaired) electrons. The highest BCUT2D eigenvalue weighted by Crippen LogP contribution is 2.38. The highest BCUT2D eigenvalue weighted by molar-refractivity contribution is 6.74. The van der Waals surface area contributed by atoms with Crippen molar-refractivity contribution in [3.8, 4) is 0 Å². The van der Waals surface area contributed by atoms with Gasteiger partial charge in [0.25, 0.3) is 0 Å². The van der Waals surface area contributed by atoms with Crippen molar-refractivity contribution in [1.82, 2.24) is 0 Å². The van der Waals surface area contributed by atoms with E-state index in [-0.39, 0.29) is 30.1 Å². The van der Waals surface area contributed by atoms with Crippen molar-refractivity contribution in [3.05, 3.63) is 59.9 Å². The van der Waals surface area contributed by atoms with Crippen LogP contribution in [0.1, 0.15) is 32.8 Å². The van der Waals surface area contributed by atoms with Crippen LogP contribution in [-0.2, 0) is 25.3 Å². The van der Waals surface area contributed by atoms with Gasteiger partial charge >= 0.3 is 5.97 Å². The Bertz CT molecular complexity index is 718. The second-order valence-corrected chi connectivity index (χ2v) is 13.3. The van der Waals surface area contributed by atoms with Crippen LogP contribution in [-0.4, -0.2) is 38.2 Å². The molecule has 1 N–H and O–H groups in total. The second kappa shape index (κ2) is 9.07. The molecule has 2 atom stereocenters. The van der Waals surface area contributed by atoms with Crippen molar-refractivity contribution in [2.24, 2.45) is 0 Å². The normalized spacial score (nSPS) is 18.8. The summed E-state index contributed by atoms with van der Waals surface area (Å²) in [5.74, 6) is -0.438. The van der Waals surface area contributed by atoms with Crippen molar-refractivity contribution in [2.75, 3.05) is 6.61 Å². The highest BCUT2D eigenvalue weighted by atomic mass is 28.4. The minimum Gasteiger partial charge on any atom is -0.482 e. The summed E-state index contributed by atoms with van der Waals surface area (Å²) in [6, 6.07) is 9.56. The lowest BCUT2D eigenvalue weighted by molar-refractivity contribution is -0.143. The molecule has 1 heterocycles. The van der Waals surface area contributed by atoms with Crippen LogP contribution in [0.3, 0.4) is 0 Å². The first kappa shape index (κ1) is 22.4. The lowest BCUT2D eigenvalue weighted by Gasteiger charge is -2.39. The lowest BCUT2D eigenvalue weighted by Crippen LogP contribution is -2.44. The Hall–Kier alpha value is -1.89. The first-order chi connectivity index (χ1) is 13.1. The zero-order valence-corrected chi connectivity index (χ0v) is 18.5. The van der Waals surface area contributed by atoms with E-state index in [9.17, 15) is 9.90 Å². The van der Waals surface area contributed by atoms with E-state index in [1.807, 2.05) is 30.3 Å². The molecule has 5 nitrogen and oxygen atoms in total. The van der Waals surface area contributed by atoms with Crippen LogP contribution in [0.5, 0.6) is 0 Å². The van der Waals surface area contributed by atoms with E-state index in [0.717, 1.165) is 5.56 Å². The first-order valence-electron chi connectivity index (χ1n) is 9.61. The zero-order chi connectivity index (χ0) is 20.9. The molecule has 0 aromatic heterocycles. The van der Waals surface area contributed by atoms with Gasteiger partial charge in [0, 0.05) is 12.0 Å². The van der Waals surface area contributed by atoms with Crippen LogP contribution < -0.4 is 0 Å². The molecule has 0 aliphatic carbocycles. The molecule has 0 amide bonds. The van der Waals surface area contributed by atoms with Gasteiger partial charge in [-0.25, -0.2) is 4.79 Å². The molecular formula is C22H32O5Si. The molecular weight excluding hydrogens is 372 g/mol. The molecule has 1 aromatic carbocycles. The Balaban J connectivity index is 2.10. The van der Waals surface area contributed by atoms with Crippen molar-refractivity contribution >= 4 is 14.3 Å². The predicted molar refractivity (Wildman–Crippen MR) is 112 cm³/mol. The fraction of sp³-hybridized carbons (Fsp3) is 0.500. The average molecular weight is 405 g/mol. The van der Waals surface area contributed by atoms with E-state index in [0.29, 0.717) is 12.0 Å². The number of aliphatic hydroxyl groups is 1. The number of cyclic esters (lactones) is 1. The fourth-order valence-corrected chi connectivity index (χ4v) is 4.04. The summed E-state index contributed by atoms with van der Waals surface area (Å²) in [5, 5.41) is 9.90. The monoisotopic (exact) mass is 404 g/mol. The van der Waals surface area contributed by atoms with Gasteiger partial charge in [-0.05, 0) is 23.7 Å². The van der Waals surface area contributed by atoms with Crippen molar-refractivity contribution in [1.29, 1.82) is 0 Å². The van der Waals surface area contributed by atoms with E-state index >= 15 is 0 Å². The number of carbonyl (C=O) groups excluding carboxylic acids is 1. The van der Waals surface area contributed by atoms with Crippen LogP contribution in [0.15, 0.2) is 54.3 Å². The van der Waals surface area contributed by atoms with E-state index in [1.54, 1.807) is 6.08 Å². The van der Waals surface area contributed by atoms with Gasteiger partial charge in [0.15, 0.2) is 8.32 Å². The Morgan fingerprint density at radius 1 is 1.29 bits per heavy atom. The minimum atomic E-state index is -2.01. The maximum atomic E-state index is 12.3. The van der Waals surface area contributed by atoms with E-state index in [1.165, 1.54) is 0 Å². The fourth-order valence-electron chi connectivity index (χ4n) is 2.74. The summed E-state index contributed by atoms with van der Waals surface area (Å²) in [7, 11) is -2.01. The van der Waals surface area contributed by atoms with Gasteiger partial charge in [-0.2, -0.15) is 0 Å². The van der Waals surface area contributed by atoms with Gasteiger partial charge in [0.1, 0.15) is 12.7 Å². The van der Waals surface area contributed by atoms with Crippen LogP contribution in [0, 0.1) is 0 Å². The van der Waals surface area contributed by atoms with E-state index in [2.05, 4.69) is 40.4 Å². The van der Waals surface area contributed by atoms with Crippen LogP contribution >= 0.6 is 0 Å². The Labute approximate surface area is 169 Å². The maximum Gasteiger partial charge on any atom is 0.374 e. The third-order valence-corrected chi connectivity index (χ3v) is 9.98. The second-order valence-electron chi connectivity index (χ2n) is 8.57. The van der Waals surface area contributed by atoms with E-state index < -0.39 is 20.4 Å². The number of aliphatic hydroxyl groups excluding tert-OH is 1. The SMILES string of the molecule is C=C[C@@H](C[C@H]1OC(=O)C(OCc2ccccc2)=C1CO)O[Si](C)(C)C(C)(C)C. The molecule has 0 saturated heterocycles. The lowest BCUT2D eigenvalue weighted by atomic mass is 10.0. The number of hydrogen-bond donors (Lipinski definition) is 1. The van der Waals surface area contributed by atoms with Crippen LogP contribution in [0.4, 0.5) is 0 Å². The molecule has 0 bridgehead atoms. The molecule has 0 unspecified atom stereocenters. The van der Waals surface area contributed by atoms with Gasteiger partial charge in [-0.15, -0.1) is 6.58 Å². The maximum absolute atomic E-state index is 12.3. The summed E-state index contributed by atoms with van der Waals surface area (Å²) in [6.07, 6.45) is 1.31. The van der Waals surface area contributed by atoms with Gasteiger partial charge in [-0.3, -0.25) is 0 Å². The Morgan fingerprint density at radius 2 is 1.93 bits per heavy atom. The predicted octanol–water partition coefficient (Wildman–Crippen LogP) is 4.34. The molecule has 28 heavy (non-hydrogen) atoms. The molecule has 6 heteroatoms. The van der Waals surface area contributed by atoms with E-state index in [4.69, 9.17) is 13.9 Å². The van der Waals surface area contributed by atoms with Crippen molar-refractivity contribution < 1.29 is 23.8 Å². The molecule has 0 saturated carbocycles. The molecule has 2 rings (SSSR count). The summed E-state index contributed by atoms with van der Waals surface area (Å²) in [4.78, 5) is 12.3. The first-order valence-corrected chi connectivity index (χ1v) is 12.5. The quantitative estimate of drug-likeness (QED) is 0.377. The van der Waals surface area contributed by atoms with Gasteiger partial charge < -0.3 is 19.0 Å². The van der Waals surface area contributed by atoms with Crippen LogP contribution in [0.2, 0.25) is 18.1 Å². The third-order valence-electron chi connectivity index (χ3n) is 5.47. The smallest absolute Gasteiger partial charge is 0.374 e. The number of esters is 1. The van der Waals surface area contributed by atoms with Gasteiger partial charge in [0.2, 0.25) is 5.76 Å². The standard InChI is InChI=1S/C22H32O5Si/c1-7-17(27-28(5,6)22(2,3)4)13-19-18(14-23)20(21(24)26-19)25-15-16-11-9-8-10-12-16/h7-12,17,19,23H,1,13-15H2,2-6H3/t17-,19+/m0/s1. The summed E-state index contributed by atoms with van der Waals surface area (Å²) in [6.45, 7) is 14.7. The topological polar surface area (TPSA) is 65.0 Å². The number of benzene rings is 1. The summed E-state index contributed by atoms with van der Waals surface area (Å²) < 4.78 is 17.6. The summed E-state index contributed by atoms with van der Waals surface area (Å²) in [5.41, 5.74) is 1.40. The third kappa shape index (κ3) is 5.34. The molecule has 1 aromatic rings. The van der Waals surface area contributed by atoms with Crippen molar-refractivity contribution in [2.45, 2.75) is 64.1 Å². The molecule has 154 valence electrons.